The van der Waals surface area contributed by atoms with Crippen molar-refractivity contribution in [3.8, 4) is 0 Å². The first kappa shape index (κ1) is 31.6. The van der Waals surface area contributed by atoms with Gasteiger partial charge in [0.1, 0.15) is 0 Å². The van der Waals surface area contributed by atoms with Gasteiger partial charge in [0.2, 0.25) is 5.96 Å². The molecule has 14 heteroatoms. The fourth-order valence-corrected chi connectivity index (χ4v) is 7.35. The Balaban J connectivity index is 0.984. The number of aliphatic imine (C=N–C) groups is 2. The second kappa shape index (κ2) is 12.9. The topological polar surface area (TPSA) is 114 Å². The normalized spacial score (nSPS) is 26.5. The fourth-order valence-electron chi connectivity index (χ4n) is 7.35. The van der Waals surface area contributed by atoms with E-state index in [1.165, 1.54) is 12.1 Å². The number of fused-ring (bicyclic) bond motifs is 4. The lowest BCUT2D eigenvalue weighted by atomic mass is 9.90. The van der Waals surface area contributed by atoms with Crippen molar-refractivity contribution in [2.75, 3.05) is 43.9 Å². The number of carbonyl (C=O) groups excluding carboxylic acids is 1. The van der Waals surface area contributed by atoms with E-state index in [-0.39, 0.29) is 41.6 Å². The van der Waals surface area contributed by atoms with Crippen LogP contribution in [0.2, 0.25) is 0 Å². The quantitative estimate of drug-likeness (QED) is 0.375. The van der Waals surface area contributed by atoms with E-state index in [0.717, 1.165) is 69.2 Å². The highest BCUT2D eigenvalue weighted by atomic mass is 19.4. The van der Waals surface area contributed by atoms with Gasteiger partial charge >= 0.3 is 12.2 Å². The molecule has 47 heavy (non-hydrogen) atoms. The predicted octanol–water partition coefficient (Wildman–Crippen LogP) is 4.08. The smallest absolute Gasteiger partial charge is 0.352 e. The predicted molar refractivity (Wildman–Crippen MR) is 176 cm³/mol. The van der Waals surface area contributed by atoms with Gasteiger partial charge in [-0.1, -0.05) is 24.3 Å². The molecule has 4 atom stereocenters. The lowest BCUT2D eigenvalue weighted by molar-refractivity contribution is -0.138. The Morgan fingerprint density at radius 3 is 2.60 bits per heavy atom. The molecule has 4 saturated heterocycles. The number of piperidine rings is 3. The molecule has 4 unspecified atom stereocenters. The molecule has 250 valence electrons. The summed E-state index contributed by atoms with van der Waals surface area (Å²) in [6.45, 7) is 3.84. The van der Waals surface area contributed by atoms with Crippen molar-refractivity contribution >= 4 is 35.3 Å². The van der Waals surface area contributed by atoms with Crippen molar-refractivity contribution in [1.82, 2.24) is 30.2 Å². The van der Waals surface area contributed by atoms with E-state index in [4.69, 9.17) is 4.99 Å². The van der Waals surface area contributed by atoms with Crippen LogP contribution in [0.25, 0.3) is 5.57 Å². The van der Waals surface area contributed by atoms with E-state index < -0.39 is 17.8 Å². The van der Waals surface area contributed by atoms with Gasteiger partial charge in [0, 0.05) is 68.7 Å². The Morgan fingerprint density at radius 2 is 1.85 bits per heavy atom. The zero-order valence-electron chi connectivity index (χ0n) is 26.6. The molecule has 5 aliphatic heterocycles. The molecule has 8 rings (SSSR count). The van der Waals surface area contributed by atoms with Crippen molar-refractivity contribution in [1.29, 1.82) is 0 Å². The second-order valence-corrected chi connectivity index (χ2v) is 13.2. The number of halogens is 3. The summed E-state index contributed by atoms with van der Waals surface area (Å²) in [7, 11) is 3.85. The molecule has 2 aromatic rings. The van der Waals surface area contributed by atoms with E-state index in [2.05, 4.69) is 54.3 Å². The maximum Gasteiger partial charge on any atom is 0.416 e. The molecule has 0 saturated carbocycles. The van der Waals surface area contributed by atoms with Gasteiger partial charge in [-0.15, -0.1) is 0 Å². The number of nitrogens with zero attached hydrogens (tertiary/aromatic N) is 6. The van der Waals surface area contributed by atoms with Gasteiger partial charge in [0.05, 0.1) is 17.3 Å². The van der Waals surface area contributed by atoms with Crippen LogP contribution in [0.3, 0.4) is 0 Å². The molecular weight excluding hydrogens is 609 g/mol. The number of aromatic nitrogens is 2. The molecule has 2 amide bonds. The summed E-state index contributed by atoms with van der Waals surface area (Å²) >= 11 is 0. The average Bonchev–Trinajstić information content (AvgIpc) is 3.41. The number of guanidine groups is 1. The van der Waals surface area contributed by atoms with Gasteiger partial charge in [-0.2, -0.15) is 18.3 Å². The van der Waals surface area contributed by atoms with Gasteiger partial charge in [-0.3, -0.25) is 14.9 Å². The molecule has 0 radical (unpaired) electrons. The molecule has 2 bridgehead atoms. The summed E-state index contributed by atoms with van der Waals surface area (Å²) in [5.74, 6) is 0.926. The third kappa shape index (κ3) is 6.99. The maximum atomic E-state index is 14.2. The Kier molecular flexibility index (Phi) is 8.66. The lowest BCUT2D eigenvalue weighted by Gasteiger charge is -2.50. The number of alkyl halides is 3. The minimum absolute atomic E-state index is 0.0135. The number of anilines is 2. The first-order valence-corrected chi connectivity index (χ1v) is 16.3. The third-order valence-electron chi connectivity index (χ3n) is 9.93. The summed E-state index contributed by atoms with van der Waals surface area (Å²) in [5.41, 5.74) is 1.22. The number of amides is 2. The van der Waals surface area contributed by atoms with Crippen LogP contribution in [0.4, 0.5) is 29.5 Å². The highest BCUT2D eigenvalue weighted by molar-refractivity contribution is 5.99. The van der Waals surface area contributed by atoms with Crippen LogP contribution in [0, 0.1) is 5.92 Å². The van der Waals surface area contributed by atoms with E-state index in [1.54, 1.807) is 17.8 Å². The van der Waals surface area contributed by atoms with Crippen molar-refractivity contribution in [3.63, 3.8) is 0 Å². The van der Waals surface area contributed by atoms with E-state index in [1.807, 2.05) is 18.4 Å². The molecule has 1 aromatic heterocycles. The molecule has 4 N–H and O–H groups in total. The second-order valence-electron chi connectivity index (χ2n) is 13.2. The minimum Gasteiger partial charge on any atom is -0.352 e. The summed E-state index contributed by atoms with van der Waals surface area (Å²) < 4.78 is 44.1. The third-order valence-corrected chi connectivity index (χ3v) is 9.93. The average molecular weight is 651 g/mol. The van der Waals surface area contributed by atoms with Crippen LogP contribution in [0.15, 0.2) is 52.5 Å². The molecule has 0 spiro atoms. The molecule has 6 heterocycles. The molecule has 4 fully saturated rings. The molecular formula is C33H41F3N10O. The maximum absolute atomic E-state index is 14.2. The van der Waals surface area contributed by atoms with E-state index >= 15 is 0 Å². The highest BCUT2D eigenvalue weighted by Crippen LogP contribution is 2.37. The number of nitrogens with one attached hydrogen (secondary N) is 4. The number of piperazine rings is 1. The SMILES string of the molecule is CN1CC2CCC1CN2Cc1ccc(NC(=O)Nc2cc(C3=CC4C=NC(NC5CCNCC5)=NC4C=C3)n(C)n2)cc1C(F)(F)F. The first-order valence-electron chi connectivity index (χ1n) is 16.3. The molecule has 6 aliphatic rings. The Labute approximate surface area is 272 Å². The number of benzene rings is 1. The summed E-state index contributed by atoms with van der Waals surface area (Å²) in [6.07, 6.45) is 7.61. The number of hydrogen-bond donors (Lipinski definition) is 4. The number of rotatable bonds is 6. The van der Waals surface area contributed by atoms with Crippen LogP contribution in [0.1, 0.15) is 42.5 Å². The van der Waals surface area contributed by atoms with Crippen LogP contribution in [0.5, 0.6) is 0 Å². The summed E-state index contributed by atoms with van der Waals surface area (Å²) in [6, 6.07) is 6.02. The van der Waals surface area contributed by atoms with E-state index in [9.17, 15) is 18.0 Å². The monoisotopic (exact) mass is 650 g/mol. The van der Waals surface area contributed by atoms with Crippen molar-refractivity contribution < 1.29 is 18.0 Å². The van der Waals surface area contributed by atoms with Crippen LogP contribution in [-0.4, -0.2) is 95.2 Å². The Hall–Kier alpha value is -4.01. The number of carbonyl (C=O) groups is 1. The van der Waals surface area contributed by atoms with Gasteiger partial charge in [-0.25, -0.2) is 14.8 Å². The van der Waals surface area contributed by atoms with Crippen molar-refractivity contribution in [2.24, 2.45) is 23.0 Å². The molecule has 11 nitrogen and oxygen atoms in total. The van der Waals surface area contributed by atoms with Crippen LogP contribution < -0.4 is 21.3 Å². The Morgan fingerprint density at radius 1 is 1.04 bits per heavy atom. The number of hydrogen-bond acceptors (Lipinski definition) is 8. The minimum atomic E-state index is -4.55. The van der Waals surface area contributed by atoms with Crippen LogP contribution in [-0.2, 0) is 19.8 Å². The largest absolute Gasteiger partial charge is 0.416 e. The van der Waals surface area contributed by atoms with Gasteiger partial charge in [0.15, 0.2) is 5.82 Å². The lowest BCUT2D eigenvalue weighted by Crippen LogP contribution is -2.60. The zero-order chi connectivity index (χ0) is 32.7. The van der Waals surface area contributed by atoms with Crippen LogP contribution >= 0.6 is 0 Å². The van der Waals surface area contributed by atoms with Crippen molar-refractivity contribution in [2.45, 2.75) is 62.6 Å². The van der Waals surface area contributed by atoms with Gasteiger partial charge in [0.25, 0.3) is 0 Å². The number of aryl methyl sites for hydroxylation is 1. The Bertz CT molecular complexity index is 1620. The number of allylic oxidation sites excluding steroid dienone is 2. The van der Waals surface area contributed by atoms with E-state index in [0.29, 0.717) is 18.0 Å². The number of urea groups is 1. The van der Waals surface area contributed by atoms with Gasteiger partial charge < -0.3 is 20.9 Å². The zero-order valence-corrected chi connectivity index (χ0v) is 26.6. The molecule has 1 aliphatic carbocycles. The standard InChI is InChI=1S/C33H41F3N10O/c1-44-18-26-7-6-25(44)19-46(26)17-21-3-5-24(14-27(21)33(34,35)36)40-32(47)42-30-15-29(45(2)43-30)20-4-8-28-22(13-20)16-38-31(41-28)39-23-9-11-37-12-10-23/h3-5,8,13-16,22-23,25-26,28,37H,6-7,9-12,17-19H2,1-2H3,(H,39,41)(H2,40,42,43,47). The number of likely N-dealkylation sites (N-methyl/N-ethyl adjacent to an activating group) is 1. The first-order chi connectivity index (χ1) is 22.6. The fraction of sp³-hybridized carbons (Fsp3) is 0.515. The van der Waals surface area contributed by atoms with Crippen molar-refractivity contribution in [3.05, 3.63) is 59.3 Å². The van der Waals surface area contributed by atoms with Gasteiger partial charge in [-0.05, 0) is 69.1 Å². The molecule has 1 aromatic carbocycles. The summed E-state index contributed by atoms with van der Waals surface area (Å²) in [4.78, 5) is 26.7. The summed E-state index contributed by atoms with van der Waals surface area (Å²) in [5, 5.41) is 16.4. The highest BCUT2D eigenvalue weighted by Gasteiger charge is 2.39.